The van der Waals surface area contributed by atoms with Gasteiger partial charge in [0.1, 0.15) is 5.75 Å². The normalized spacial score (nSPS) is 21.7. The van der Waals surface area contributed by atoms with Crippen molar-refractivity contribution in [1.29, 1.82) is 0 Å². The molecule has 2 aliphatic heterocycles. The van der Waals surface area contributed by atoms with Crippen molar-refractivity contribution >= 4 is 23.6 Å². The van der Waals surface area contributed by atoms with Crippen LogP contribution in [0.2, 0.25) is 0 Å². The van der Waals surface area contributed by atoms with Gasteiger partial charge < -0.3 is 14.5 Å². The van der Waals surface area contributed by atoms with Gasteiger partial charge in [0.05, 0.1) is 13.0 Å². The second kappa shape index (κ2) is 7.92. The number of thioether (sulfide) groups is 1. The Balaban J connectivity index is 1.64. The molecule has 2 amide bonds. The van der Waals surface area contributed by atoms with Crippen LogP contribution in [0.4, 0.5) is 0 Å². The minimum Gasteiger partial charge on any atom is -0.497 e. The maximum Gasteiger partial charge on any atom is 0.227 e. The average molecular weight is 348 g/mol. The number of hydrogen-bond donors (Lipinski definition) is 0. The van der Waals surface area contributed by atoms with E-state index in [0.717, 1.165) is 35.9 Å². The molecule has 2 heterocycles. The van der Waals surface area contributed by atoms with E-state index >= 15 is 0 Å². The largest absolute Gasteiger partial charge is 0.497 e. The van der Waals surface area contributed by atoms with Crippen LogP contribution in [0, 0.1) is 5.92 Å². The van der Waals surface area contributed by atoms with Crippen LogP contribution < -0.4 is 4.74 Å². The first-order chi connectivity index (χ1) is 11.7. The molecule has 1 atom stereocenters. The first-order valence-corrected chi connectivity index (χ1v) is 9.60. The van der Waals surface area contributed by atoms with Crippen molar-refractivity contribution < 1.29 is 14.3 Å². The summed E-state index contributed by atoms with van der Waals surface area (Å²) in [6, 6.07) is 7.75. The molecule has 1 aromatic carbocycles. The Labute approximate surface area is 147 Å². The van der Waals surface area contributed by atoms with Gasteiger partial charge in [-0.1, -0.05) is 12.1 Å². The zero-order valence-electron chi connectivity index (χ0n) is 14.1. The molecule has 3 rings (SSSR count). The van der Waals surface area contributed by atoms with Gasteiger partial charge in [0.15, 0.2) is 0 Å². The lowest BCUT2D eigenvalue weighted by atomic mass is 9.95. The number of ether oxygens (including phenoxy) is 1. The summed E-state index contributed by atoms with van der Waals surface area (Å²) in [7, 11) is 1.64. The first kappa shape index (κ1) is 17.1. The van der Waals surface area contributed by atoms with Crippen LogP contribution in [-0.2, 0) is 16.1 Å². The first-order valence-electron chi connectivity index (χ1n) is 8.44. The molecule has 5 nitrogen and oxygen atoms in total. The summed E-state index contributed by atoms with van der Waals surface area (Å²) in [5, 5.41) is 0. The number of methoxy groups -OCH3 is 1. The van der Waals surface area contributed by atoms with Gasteiger partial charge in [-0.2, -0.15) is 11.8 Å². The Morgan fingerprint density at radius 2 is 2.12 bits per heavy atom. The number of likely N-dealkylation sites (tertiary alicyclic amines) is 1. The minimum absolute atomic E-state index is 0.0589. The maximum atomic E-state index is 12.7. The van der Waals surface area contributed by atoms with Gasteiger partial charge in [-0.25, -0.2) is 0 Å². The van der Waals surface area contributed by atoms with E-state index in [2.05, 4.69) is 0 Å². The van der Waals surface area contributed by atoms with Crippen molar-refractivity contribution in [3.05, 3.63) is 29.8 Å². The van der Waals surface area contributed by atoms with Gasteiger partial charge in [-0.15, -0.1) is 0 Å². The molecule has 0 aromatic heterocycles. The van der Waals surface area contributed by atoms with Crippen LogP contribution in [0.25, 0.3) is 0 Å². The van der Waals surface area contributed by atoms with Crippen molar-refractivity contribution in [3.8, 4) is 5.75 Å². The molecule has 0 spiro atoms. The van der Waals surface area contributed by atoms with E-state index in [1.165, 1.54) is 0 Å². The van der Waals surface area contributed by atoms with Crippen molar-refractivity contribution in [2.45, 2.75) is 19.4 Å². The number of carbonyl (C=O) groups is 2. The monoisotopic (exact) mass is 348 g/mol. The Morgan fingerprint density at radius 1 is 1.33 bits per heavy atom. The molecule has 24 heavy (non-hydrogen) atoms. The molecule has 0 radical (unpaired) electrons. The SMILES string of the molecule is COc1cccc(CN2CC(C(=O)N3CCSCC3)CCC2=O)c1. The predicted octanol–water partition coefficient (Wildman–Crippen LogP) is 2.01. The quantitative estimate of drug-likeness (QED) is 0.835. The van der Waals surface area contributed by atoms with Crippen molar-refractivity contribution in [2.75, 3.05) is 38.2 Å². The zero-order valence-corrected chi connectivity index (χ0v) is 14.9. The summed E-state index contributed by atoms with van der Waals surface area (Å²) in [6.07, 6.45) is 1.14. The third-order valence-electron chi connectivity index (χ3n) is 4.68. The van der Waals surface area contributed by atoms with Gasteiger partial charge >= 0.3 is 0 Å². The second-order valence-electron chi connectivity index (χ2n) is 6.30. The molecular formula is C18H24N2O3S. The van der Waals surface area contributed by atoms with Crippen LogP contribution >= 0.6 is 11.8 Å². The summed E-state index contributed by atoms with van der Waals surface area (Å²) in [5.41, 5.74) is 1.03. The van der Waals surface area contributed by atoms with Crippen molar-refractivity contribution in [3.63, 3.8) is 0 Å². The summed E-state index contributed by atoms with van der Waals surface area (Å²) in [4.78, 5) is 28.8. The maximum absolute atomic E-state index is 12.7. The smallest absolute Gasteiger partial charge is 0.227 e. The Morgan fingerprint density at radius 3 is 2.88 bits per heavy atom. The lowest BCUT2D eigenvalue weighted by Crippen LogP contribution is -2.48. The van der Waals surface area contributed by atoms with Gasteiger partial charge in [0, 0.05) is 44.1 Å². The van der Waals surface area contributed by atoms with Crippen LogP contribution in [0.5, 0.6) is 5.75 Å². The number of hydrogen-bond acceptors (Lipinski definition) is 4. The average Bonchev–Trinajstić information content (AvgIpc) is 2.64. The minimum atomic E-state index is -0.0589. The Bertz CT molecular complexity index is 602. The fraction of sp³-hybridized carbons (Fsp3) is 0.556. The predicted molar refractivity (Wildman–Crippen MR) is 95.0 cm³/mol. The van der Waals surface area contributed by atoms with Gasteiger partial charge in [0.25, 0.3) is 0 Å². The molecule has 2 fully saturated rings. The molecule has 1 unspecified atom stereocenters. The van der Waals surface area contributed by atoms with E-state index in [4.69, 9.17) is 4.74 Å². The van der Waals surface area contributed by atoms with E-state index in [-0.39, 0.29) is 17.7 Å². The summed E-state index contributed by atoms with van der Waals surface area (Å²) < 4.78 is 5.24. The van der Waals surface area contributed by atoms with Crippen LogP contribution in [-0.4, -0.2) is 59.9 Å². The molecule has 6 heteroatoms. The van der Waals surface area contributed by atoms with Crippen molar-refractivity contribution in [1.82, 2.24) is 9.80 Å². The highest BCUT2D eigenvalue weighted by Gasteiger charge is 2.33. The molecule has 0 bridgehead atoms. The molecular weight excluding hydrogens is 324 g/mol. The lowest BCUT2D eigenvalue weighted by molar-refractivity contribution is -0.143. The number of piperidine rings is 1. The highest BCUT2D eigenvalue weighted by molar-refractivity contribution is 7.99. The number of nitrogens with zero attached hydrogens (tertiary/aromatic N) is 2. The zero-order chi connectivity index (χ0) is 16.9. The molecule has 0 saturated carbocycles. The van der Waals surface area contributed by atoms with Crippen molar-refractivity contribution in [2.24, 2.45) is 5.92 Å². The van der Waals surface area contributed by atoms with E-state index in [0.29, 0.717) is 25.9 Å². The fourth-order valence-corrected chi connectivity index (χ4v) is 4.21. The molecule has 1 aromatic rings. The highest BCUT2D eigenvalue weighted by Crippen LogP contribution is 2.24. The van der Waals surface area contributed by atoms with Gasteiger partial charge in [-0.05, 0) is 24.1 Å². The molecule has 0 N–H and O–H groups in total. The van der Waals surface area contributed by atoms with Crippen LogP contribution in [0.3, 0.4) is 0 Å². The topological polar surface area (TPSA) is 49.9 Å². The number of benzene rings is 1. The summed E-state index contributed by atoms with van der Waals surface area (Å²) in [5.74, 6) is 3.12. The van der Waals surface area contributed by atoms with E-state index in [9.17, 15) is 9.59 Å². The number of rotatable bonds is 4. The summed E-state index contributed by atoms with van der Waals surface area (Å²) in [6.45, 7) is 2.74. The standard InChI is InChI=1S/C18H24N2O3S/c1-23-16-4-2-3-14(11-16)12-20-13-15(5-6-17(20)21)18(22)19-7-9-24-10-8-19/h2-4,11,15H,5-10,12-13H2,1H3. The second-order valence-corrected chi connectivity index (χ2v) is 7.52. The summed E-state index contributed by atoms with van der Waals surface area (Å²) >= 11 is 1.90. The fourth-order valence-electron chi connectivity index (χ4n) is 3.30. The van der Waals surface area contributed by atoms with Gasteiger partial charge in [0.2, 0.25) is 11.8 Å². The molecule has 130 valence electrons. The third-order valence-corrected chi connectivity index (χ3v) is 5.62. The third kappa shape index (κ3) is 4.04. The number of carbonyl (C=O) groups excluding carboxylic acids is 2. The molecule has 2 saturated heterocycles. The Kier molecular flexibility index (Phi) is 5.66. The number of amides is 2. The van der Waals surface area contributed by atoms with E-state index in [1.807, 2.05) is 45.8 Å². The van der Waals surface area contributed by atoms with E-state index < -0.39 is 0 Å². The Hall–Kier alpha value is -1.69. The molecule has 0 aliphatic carbocycles. The van der Waals surface area contributed by atoms with E-state index in [1.54, 1.807) is 7.11 Å². The highest BCUT2D eigenvalue weighted by atomic mass is 32.2. The van der Waals surface area contributed by atoms with Crippen LogP contribution in [0.15, 0.2) is 24.3 Å². The van der Waals surface area contributed by atoms with Gasteiger partial charge in [-0.3, -0.25) is 9.59 Å². The lowest BCUT2D eigenvalue weighted by Gasteiger charge is -2.36. The molecule has 2 aliphatic rings. The van der Waals surface area contributed by atoms with Crippen LogP contribution in [0.1, 0.15) is 18.4 Å².